The predicted octanol–water partition coefficient (Wildman–Crippen LogP) is 2.76. The monoisotopic (exact) mass is 251 g/mol. The van der Waals surface area contributed by atoms with Gasteiger partial charge in [-0.15, -0.1) is 0 Å². The molecule has 0 bridgehead atoms. The molecule has 1 atom stereocenters. The Hall–Kier alpha value is -1.42. The van der Waals surface area contributed by atoms with Gasteiger partial charge in [-0.3, -0.25) is 4.90 Å². The van der Waals surface area contributed by atoms with Crippen LogP contribution in [0.3, 0.4) is 0 Å². The molecule has 0 saturated carbocycles. The van der Waals surface area contributed by atoms with E-state index in [9.17, 15) is 9.18 Å². The van der Waals surface area contributed by atoms with Gasteiger partial charge in [-0.1, -0.05) is 19.4 Å². The summed E-state index contributed by atoms with van der Waals surface area (Å²) in [5.41, 5.74) is 0.774. The molecule has 1 aliphatic heterocycles. The third-order valence-electron chi connectivity index (χ3n) is 3.64. The Morgan fingerprint density at radius 2 is 2.33 bits per heavy atom. The van der Waals surface area contributed by atoms with E-state index in [1.165, 1.54) is 12.5 Å². The first-order valence-electron chi connectivity index (χ1n) is 6.34. The molecule has 0 aliphatic carbocycles. The predicted molar refractivity (Wildman–Crippen MR) is 67.0 cm³/mol. The van der Waals surface area contributed by atoms with Crippen molar-refractivity contribution in [2.24, 2.45) is 5.92 Å². The van der Waals surface area contributed by atoms with Gasteiger partial charge in [0.25, 0.3) is 0 Å². The van der Waals surface area contributed by atoms with Gasteiger partial charge in [0.15, 0.2) is 0 Å². The third-order valence-corrected chi connectivity index (χ3v) is 3.64. The van der Waals surface area contributed by atoms with Gasteiger partial charge in [-0.05, 0) is 36.6 Å². The first-order valence-corrected chi connectivity index (χ1v) is 6.34. The van der Waals surface area contributed by atoms with Crippen LogP contribution in [0.2, 0.25) is 0 Å². The van der Waals surface area contributed by atoms with Gasteiger partial charge in [0.1, 0.15) is 5.82 Å². The number of aromatic carboxylic acids is 1. The zero-order valence-corrected chi connectivity index (χ0v) is 10.5. The number of hydrogen-bond donors (Lipinski definition) is 1. The van der Waals surface area contributed by atoms with Gasteiger partial charge in [0.05, 0.1) is 5.56 Å². The number of carbonyl (C=O) groups is 1. The van der Waals surface area contributed by atoms with Crippen molar-refractivity contribution in [1.29, 1.82) is 0 Å². The minimum atomic E-state index is -1.06. The Morgan fingerprint density at radius 3 is 2.94 bits per heavy atom. The summed E-state index contributed by atoms with van der Waals surface area (Å²) >= 11 is 0. The van der Waals surface area contributed by atoms with Crippen molar-refractivity contribution in [1.82, 2.24) is 4.90 Å². The van der Waals surface area contributed by atoms with E-state index in [2.05, 4.69) is 11.8 Å². The van der Waals surface area contributed by atoms with Gasteiger partial charge >= 0.3 is 5.97 Å². The van der Waals surface area contributed by atoms with Crippen LogP contribution in [0.4, 0.5) is 4.39 Å². The number of halogens is 1. The summed E-state index contributed by atoms with van der Waals surface area (Å²) < 4.78 is 13.1. The summed E-state index contributed by atoms with van der Waals surface area (Å²) in [5.74, 6) is -0.849. The Balaban J connectivity index is 2.12. The number of hydrogen-bond acceptors (Lipinski definition) is 2. The largest absolute Gasteiger partial charge is 0.478 e. The molecule has 1 fully saturated rings. The van der Waals surface area contributed by atoms with E-state index in [1.807, 2.05) is 0 Å². The van der Waals surface area contributed by atoms with E-state index < -0.39 is 11.8 Å². The highest BCUT2D eigenvalue weighted by atomic mass is 19.1. The van der Waals surface area contributed by atoms with Gasteiger partial charge in [-0.2, -0.15) is 0 Å². The van der Waals surface area contributed by atoms with Crippen LogP contribution >= 0.6 is 0 Å². The highest BCUT2D eigenvalue weighted by molar-refractivity contribution is 5.89. The molecule has 1 aromatic rings. The Bertz CT molecular complexity index is 447. The first-order chi connectivity index (χ1) is 8.60. The van der Waals surface area contributed by atoms with Crippen LogP contribution in [-0.2, 0) is 6.54 Å². The molecule has 1 aromatic carbocycles. The van der Waals surface area contributed by atoms with E-state index in [0.29, 0.717) is 18.0 Å². The SMILES string of the molecule is CCC1CCN(Cc2ccc(F)cc2C(=O)O)C1. The van der Waals surface area contributed by atoms with Crippen molar-refractivity contribution in [2.75, 3.05) is 13.1 Å². The fraction of sp³-hybridized carbons (Fsp3) is 0.500. The second kappa shape index (κ2) is 5.48. The van der Waals surface area contributed by atoms with Gasteiger partial charge in [0, 0.05) is 13.1 Å². The molecule has 1 aliphatic rings. The maximum absolute atomic E-state index is 13.1. The zero-order valence-electron chi connectivity index (χ0n) is 10.5. The van der Waals surface area contributed by atoms with Crippen LogP contribution in [0, 0.1) is 11.7 Å². The van der Waals surface area contributed by atoms with Crippen LogP contribution in [0.25, 0.3) is 0 Å². The lowest BCUT2D eigenvalue weighted by molar-refractivity contribution is 0.0694. The number of benzene rings is 1. The highest BCUT2D eigenvalue weighted by Gasteiger charge is 2.22. The molecule has 4 heteroatoms. The van der Waals surface area contributed by atoms with E-state index in [1.54, 1.807) is 6.07 Å². The molecule has 1 saturated heterocycles. The molecular weight excluding hydrogens is 233 g/mol. The molecule has 0 aromatic heterocycles. The number of nitrogens with zero attached hydrogens (tertiary/aromatic N) is 1. The van der Waals surface area contributed by atoms with Crippen LogP contribution in [-0.4, -0.2) is 29.1 Å². The van der Waals surface area contributed by atoms with Crippen LogP contribution < -0.4 is 0 Å². The average molecular weight is 251 g/mol. The topological polar surface area (TPSA) is 40.5 Å². The van der Waals surface area contributed by atoms with Crippen LogP contribution in [0.15, 0.2) is 18.2 Å². The lowest BCUT2D eigenvalue weighted by Gasteiger charge is -2.17. The highest BCUT2D eigenvalue weighted by Crippen LogP contribution is 2.22. The molecule has 0 spiro atoms. The standard InChI is InChI=1S/C14H18FNO2/c1-2-10-5-6-16(8-10)9-11-3-4-12(15)7-13(11)14(17)18/h3-4,7,10H,2,5-6,8-9H2,1H3,(H,17,18). The van der Waals surface area contributed by atoms with E-state index in [0.717, 1.165) is 25.6 Å². The zero-order chi connectivity index (χ0) is 13.1. The van der Waals surface area contributed by atoms with Crippen molar-refractivity contribution < 1.29 is 14.3 Å². The molecule has 3 nitrogen and oxygen atoms in total. The quantitative estimate of drug-likeness (QED) is 0.894. The second-order valence-electron chi connectivity index (χ2n) is 4.90. The van der Waals surface area contributed by atoms with Crippen molar-refractivity contribution in [3.63, 3.8) is 0 Å². The number of carboxylic acid groups (broad SMARTS) is 1. The molecule has 0 radical (unpaired) electrons. The molecular formula is C14H18FNO2. The summed E-state index contributed by atoms with van der Waals surface area (Å²) in [4.78, 5) is 13.3. The molecule has 1 heterocycles. The van der Waals surface area contributed by atoms with Gasteiger partial charge in [0.2, 0.25) is 0 Å². The summed E-state index contributed by atoms with van der Waals surface area (Å²) in [6.07, 6.45) is 2.33. The molecule has 0 amide bonds. The molecule has 2 rings (SSSR count). The average Bonchev–Trinajstić information content (AvgIpc) is 2.79. The molecule has 18 heavy (non-hydrogen) atoms. The van der Waals surface area contributed by atoms with Crippen molar-refractivity contribution in [3.8, 4) is 0 Å². The van der Waals surface area contributed by atoms with Crippen LogP contribution in [0.5, 0.6) is 0 Å². The minimum Gasteiger partial charge on any atom is -0.478 e. The lowest BCUT2D eigenvalue weighted by atomic mass is 10.1. The lowest BCUT2D eigenvalue weighted by Crippen LogP contribution is -2.21. The van der Waals surface area contributed by atoms with Crippen molar-refractivity contribution in [3.05, 3.63) is 35.1 Å². The smallest absolute Gasteiger partial charge is 0.336 e. The Morgan fingerprint density at radius 1 is 1.56 bits per heavy atom. The summed E-state index contributed by atoms with van der Waals surface area (Å²) in [7, 11) is 0. The normalized spacial score (nSPS) is 20.2. The fourth-order valence-electron chi connectivity index (χ4n) is 2.52. The molecule has 98 valence electrons. The summed E-state index contributed by atoms with van der Waals surface area (Å²) in [6, 6.07) is 4.01. The summed E-state index contributed by atoms with van der Waals surface area (Å²) in [6.45, 7) is 4.77. The van der Waals surface area contributed by atoms with E-state index in [4.69, 9.17) is 5.11 Å². The van der Waals surface area contributed by atoms with Gasteiger partial charge < -0.3 is 5.11 Å². The van der Waals surface area contributed by atoms with E-state index in [-0.39, 0.29) is 5.56 Å². The Kier molecular flexibility index (Phi) is 3.97. The number of rotatable bonds is 4. The maximum Gasteiger partial charge on any atom is 0.336 e. The Labute approximate surface area is 106 Å². The fourth-order valence-corrected chi connectivity index (χ4v) is 2.52. The number of likely N-dealkylation sites (tertiary alicyclic amines) is 1. The first kappa shape index (κ1) is 13.0. The number of carboxylic acids is 1. The van der Waals surface area contributed by atoms with E-state index >= 15 is 0 Å². The molecule has 1 N–H and O–H groups in total. The maximum atomic E-state index is 13.1. The minimum absolute atomic E-state index is 0.0787. The van der Waals surface area contributed by atoms with Crippen molar-refractivity contribution in [2.45, 2.75) is 26.3 Å². The third kappa shape index (κ3) is 2.88. The molecule has 1 unspecified atom stereocenters. The van der Waals surface area contributed by atoms with Crippen LogP contribution in [0.1, 0.15) is 35.7 Å². The van der Waals surface area contributed by atoms with Crippen molar-refractivity contribution >= 4 is 5.97 Å². The second-order valence-corrected chi connectivity index (χ2v) is 4.90. The van der Waals surface area contributed by atoms with Gasteiger partial charge in [-0.25, -0.2) is 9.18 Å². The summed E-state index contributed by atoms with van der Waals surface area (Å²) in [5, 5.41) is 9.08.